The SMILES string of the molecule is CN1CCC[C@H]1c1ccc([N+](C)(C)C)nc1. The van der Waals surface area contributed by atoms with Crippen LogP contribution in [0.4, 0.5) is 5.82 Å². The molecule has 1 saturated heterocycles. The van der Waals surface area contributed by atoms with E-state index in [-0.39, 0.29) is 0 Å². The predicted molar refractivity (Wildman–Crippen MR) is 68.4 cm³/mol. The second kappa shape index (κ2) is 4.15. The molecule has 16 heavy (non-hydrogen) atoms. The highest BCUT2D eigenvalue weighted by Gasteiger charge is 2.23. The third kappa shape index (κ3) is 2.25. The molecular formula is C13H22N3+. The van der Waals surface area contributed by atoms with Gasteiger partial charge < -0.3 is 0 Å². The van der Waals surface area contributed by atoms with Crippen LogP contribution >= 0.6 is 0 Å². The summed E-state index contributed by atoms with van der Waals surface area (Å²) < 4.78 is 0.779. The summed E-state index contributed by atoms with van der Waals surface area (Å²) in [7, 11) is 8.63. The van der Waals surface area contributed by atoms with Crippen molar-refractivity contribution in [1.82, 2.24) is 14.4 Å². The third-order valence-corrected chi connectivity index (χ3v) is 3.36. The van der Waals surface area contributed by atoms with Gasteiger partial charge in [0.05, 0.1) is 21.1 Å². The molecule has 0 amide bonds. The number of nitrogens with zero attached hydrogens (tertiary/aromatic N) is 3. The average molecular weight is 220 g/mol. The quantitative estimate of drug-likeness (QED) is 0.709. The molecule has 1 aromatic rings. The molecule has 1 aromatic heterocycles. The van der Waals surface area contributed by atoms with Crippen molar-refractivity contribution in [3.8, 4) is 0 Å². The van der Waals surface area contributed by atoms with Crippen LogP contribution in [-0.4, -0.2) is 44.6 Å². The minimum Gasteiger partial charge on any atom is -0.299 e. The molecule has 0 aromatic carbocycles. The zero-order valence-electron chi connectivity index (χ0n) is 10.8. The summed E-state index contributed by atoms with van der Waals surface area (Å²) in [5.41, 5.74) is 1.36. The number of pyridine rings is 1. The van der Waals surface area contributed by atoms with E-state index >= 15 is 0 Å². The zero-order valence-corrected chi connectivity index (χ0v) is 10.8. The van der Waals surface area contributed by atoms with Crippen molar-refractivity contribution in [1.29, 1.82) is 0 Å². The van der Waals surface area contributed by atoms with Gasteiger partial charge in [-0.1, -0.05) is 0 Å². The third-order valence-electron chi connectivity index (χ3n) is 3.36. The van der Waals surface area contributed by atoms with E-state index in [1.165, 1.54) is 24.9 Å². The molecule has 0 bridgehead atoms. The molecule has 0 radical (unpaired) electrons. The Kier molecular flexibility index (Phi) is 3.00. The molecule has 2 rings (SSSR count). The number of quaternary nitrogens is 1. The first-order valence-electron chi connectivity index (χ1n) is 5.96. The van der Waals surface area contributed by atoms with E-state index in [1.807, 2.05) is 6.20 Å². The molecule has 2 heterocycles. The maximum absolute atomic E-state index is 4.57. The fourth-order valence-corrected chi connectivity index (χ4v) is 2.32. The van der Waals surface area contributed by atoms with E-state index in [0.29, 0.717) is 6.04 Å². The molecule has 1 aliphatic heterocycles. The van der Waals surface area contributed by atoms with Gasteiger partial charge in [-0.3, -0.25) is 9.38 Å². The van der Waals surface area contributed by atoms with Crippen molar-refractivity contribution < 1.29 is 0 Å². The van der Waals surface area contributed by atoms with Crippen LogP contribution in [0.1, 0.15) is 24.4 Å². The molecule has 3 heteroatoms. The molecule has 0 aliphatic carbocycles. The lowest BCUT2D eigenvalue weighted by molar-refractivity contribution is 0.316. The number of hydrogen-bond acceptors (Lipinski definition) is 2. The van der Waals surface area contributed by atoms with Crippen LogP contribution < -0.4 is 4.48 Å². The maximum Gasteiger partial charge on any atom is 0.226 e. The van der Waals surface area contributed by atoms with Crippen molar-refractivity contribution in [3.63, 3.8) is 0 Å². The minimum absolute atomic E-state index is 0.578. The lowest BCUT2D eigenvalue weighted by atomic mass is 10.1. The van der Waals surface area contributed by atoms with Crippen molar-refractivity contribution in [2.24, 2.45) is 0 Å². The smallest absolute Gasteiger partial charge is 0.226 e. The van der Waals surface area contributed by atoms with Crippen LogP contribution in [0.15, 0.2) is 18.3 Å². The molecule has 88 valence electrons. The number of hydrogen-bond donors (Lipinski definition) is 0. The van der Waals surface area contributed by atoms with Gasteiger partial charge in [0.25, 0.3) is 0 Å². The number of aromatic nitrogens is 1. The highest BCUT2D eigenvalue weighted by molar-refractivity contribution is 5.34. The Balaban J connectivity index is 2.19. The van der Waals surface area contributed by atoms with E-state index in [2.05, 4.69) is 50.2 Å². The van der Waals surface area contributed by atoms with Crippen molar-refractivity contribution >= 4 is 5.82 Å². The van der Waals surface area contributed by atoms with E-state index < -0.39 is 0 Å². The summed E-state index contributed by atoms with van der Waals surface area (Å²) >= 11 is 0. The van der Waals surface area contributed by atoms with Gasteiger partial charge in [-0.2, -0.15) is 0 Å². The van der Waals surface area contributed by atoms with E-state index in [4.69, 9.17) is 0 Å². The molecule has 1 aliphatic rings. The number of rotatable bonds is 2. The van der Waals surface area contributed by atoms with Crippen LogP contribution in [0.5, 0.6) is 0 Å². The Hall–Kier alpha value is -0.930. The average Bonchev–Trinajstić information content (AvgIpc) is 2.63. The largest absolute Gasteiger partial charge is 0.299 e. The van der Waals surface area contributed by atoms with Gasteiger partial charge in [0.2, 0.25) is 5.82 Å². The first kappa shape index (κ1) is 11.6. The van der Waals surface area contributed by atoms with E-state index in [1.54, 1.807) is 0 Å². The van der Waals surface area contributed by atoms with Crippen LogP contribution in [-0.2, 0) is 0 Å². The van der Waals surface area contributed by atoms with Crippen LogP contribution in [0.3, 0.4) is 0 Å². The Morgan fingerprint density at radius 3 is 2.50 bits per heavy atom. The fourth-order valence-electron chi connectivity index (χ4n) is 2.32. The van der Waals surface area contributed by atoms with Gasteiger partial charge in [0.1, 0.15) is 0 Å². The topological polar surface area (TPSA) is 16.1 Å². The number of likely N-dealkylation sites (tertiary alicyclic amines) is 1. The predicted octanol–water partition coefficient (Wildman–Crippen LogP) is 2.04. The summed E-state index contributed by atoms with van der Waals surface area (Å²) in [6.45, 7) is 1.21. The summed E-state index contributed by atoms with van der Waals surface area (Å²) in [5.74, 6) is 1.12. The summed E-state index contributed by atoms with van der Waals surface area (Å²) in [4.78, 5) is 6.99. The van der Waals surface area contributed by atoms with E-state index in [9.17, 15) is 0 Å². The molecule has 1 fully saturated rings. The normalized spacial score (nSPS) is 22.6. The Morgan fingerprint density at radius 2 is 2.06 bits per heavy atom. The van der Waals surface area contributed by atoms with Crippen molar-refractivity contribution in [2.75, 3.05) is 34.7 Å². The highest BCUT2D eigenvalue weighted by Crippen LogP contribution is 2.30. The molecule has 3 nitrogen and oxygen atoms in total. The zero-order chi connectivity index (χ0) is 11.8. The minimum atomic E-state index is 0.578. The van der Waals surface area contributed by atoms with Gasteiger partial charge in [-0.05, 0) is 38.1 Å². The highest BCUT2D eigenvalue weighted by atomic mass is 15.3. The molecule has 1 atom stereocenters. The second-order valence-electron chi connectivity index (χ2n) is 5.60. The molecule has 0 spiro atoms. The van der Waals surface area contributed by atoms with Crippen molar-refractivity contribution in [2.45, 2.75) is 18.9 Å². The Morgan fingerprint density at radius 1 is 1.31 bits per heavy atom. The molecule has 0 unspecified atom stereocenters. The summed E-state index contributed by atoms with van der Waals surface area (Å²) in [5, 5.41) is 0. The van der Waals surface area contributed by atoms with Crippen molar-refractivity contribution in [3.05, 3.63) is 23.9 Å². The first-order valence-corrected chi connectivity index (χ1v) is 5.96. The van der Waals surface area contributed by atoms with Gasteiger partial charge in [-0.15, -0.1) is 0 Å². The maximum atomic E-state index is 4.57. The Labute approximate surface area is 98.3 Å². The fraction of sp³-hybridized carbons (Fsp3) is 0.615. The lowest BCUT2D eigenvalue weighted by Crippen LogP contribution is -2.35. The van der Waals surface area contributed by atoms with Gasteiger partial charge >= 0.3 is 0 Å². The molecular weight excluding hydrogens is 198 g/mol. The molecule has 0 N–H and O–H groups in total. The summed E-state index contributed by atoms with van der Waals surface area (Å²) in [6, 6.07) is 4.97. The van der Waals surface area contributed by atoms with E-state index in [0.717, 1.165) is 10.3 Å². The van der Waals surface area contributed by atoms with Gasteiger partial charge in [0.15, 0.2) is 0 Å². The standard InChI is InChI=1S/C13H22N3/c1-15-9-5-6-12(15)11-7-8-13(14-10-11)16(2,3)4/h7-8,10,12H,5-6,9H2,1-4H3/q+1/t12-/m0/s1. The Bertz CT molecular complexity index is 350. The monoisotopic (exact) mass is 220 g/mol. The second-order valence-corrected chi connectivity index (χ2v) is 5.60. The van der Waals surface area contributed by atoms with Gasteiger partial charge in [0, 0.05) is 18.3 Å². The summed E-state index contributed by atoms with van der Waals surface area (Å²) in [6.07, 6.45) is 4.62. The van der Waals surface area contributed by atoms with Crippen LogP contribution in [0.25, 0.3) is 0 Å². The van der Waals surface area contributed by atoms with Crippen LogP contribution in [0.2, 0.25) is 0 Å². The van der Waals surface area contributed by atoms with Crippen LogP contribution in [0, 0.1) is 0 Å². The molecule has 0 saturated carbocycles. The first-order chi connectivity index (χ1) is 7.48. The van der Waals surface area contributed by atoms with Gasteiger partial charge in [-0.25, -0.2) is 4.98 Å². The lowest BCUT2D eigenvalue weighted by Gasteiger charge is -2.23.